The van der Waals surface area contributed by atoms with Crippen LogP contribution in [0.3, 0.4) is 0 Å². The standard InChI is InChI=1S/C25H27FN6/c1-4-22-23(12-21-13-24(28-15-27-21)32-17(3)11-16(2)29-32)31(14-18-5-6-18)30-25(22)19-7-9-20(26)10-8-19/h7-11,13,15,18H,4-6,12,14H2,1-3H3. The molecule has 1 saturated carbocycles. The molecule has 1 aliphatic carbocycles. The molecule has 1 aliphatic rings. The molecule has 0 radical (unpaired) electrons. The van der Waals surface area contributed by atoms with Gasteiger partial charge in [0.1, 0.15) is 12.1 Å². The third-order valence-electron chi connectivity index (χ3n) is 6.05. The molecule has 0 aliphatic heterocycles. The van der Waals surface area contributed by atoms with Gasteiger partial charge in [-0.15, -0.1) is 0 Å². The highest BCUT2D eigenvalue weighted by molar-refractivity contribution is 5.64. The van der Waals surface area contributed by atoms with Crippen LogP contribution in [0.4, 0.5) is 4.39 Å². The fraction of sp³-hybridized carbons (Fsp3) is 0.360. The molecule has 32 heavy (non-hydrogen) atoms. The Bertz CT molecular complexity index is 1250. The molecule has 0 atom stereocenters. The van der Waals surface area contributed by atoms with Crippen molar-refractivity contribution < 1.29 is 4.39 Å². The SMILES string of the molecule is CCc1c(-c2ccc(F)cc2)nn(CC2CC2)c1Cc1cc(-n2nc(C)cc2C)ncn1. The predicted molar refractivity (Wildman–Crippen MR) is 121 cm³/mol. The van der Waals surface area contributed by atoms with Crippen molar-refractivity contribution in [3.8, 4) is 17.1 Å². The summed E-state index contributed by atoms with van der Waals surface area (Å²) in [5.41, 5.74) is 7.20. The summed E-state index contributed by atoms with van der Waals surface area (Å²) in [6, 6.07) is 10.7. The molecule has 3 aromatic heterocycles. The van der Waals surface area contributed by atoms with Crippen LogP contribution in [-0.2, 0) is 19.4 Å². The molecule has 164 valence electrons. The van der Waals surface area contributed by atoms with E-state index in [0.29, 0.717) is 12.3 Å². The van der Waals surface area contributed by atoms with Gasteiger partial charge in [-0.2, -0.15) is 10.2 Å². The lowest BCUT2D eigenvalue weighted by Crippen LogP contribution is -2.10. The monoisotopic (exact) mass is 430 g/mol. The molecule has 6 nitrogen and oxygen atoms in total. The highest BCUT2D eigenvalue weighted by atomic mass is 19.1. The maximum Gasteiger partial charge on any atom is 0.157 e. The quantitative estimate of drug-likeness (QED) is 0.421. The van der Waals surface area contributed by atoms with Crippen molar-refractivity contribution in [2.75, 3.05) is 0 Å². The van der Waals surface area contributed by atoms with Crippen LogP contribution in [0, 0.1) is 25.6 Å². The maximum atomic E-state index is 13.5. The van der Waals surface area contributed by atoms with E-state index in [0.717, 1.165) is 47.1 Å². The topological polar surface area (TPSA) is 61.4 Å². The molecule has 5 rings (SSSR count). The maximum absolute atomic E-state index is 13.5. The van der Waals surface area contributed by atoms with E-state index in [4.69, 9.17) is 5.10 Å². The second kappa shape index (κ2) is 8.30. The highest BCUT2D eigenvalue weighted by Gasteiger charge is 2.26. The summed E-state index contributed by atoms with van der Waals surface area (Å²) < 4.78 is 17.5. The van der Waals surface area contributed by atoms with Gasteiger partial charge in [0.25, 0.3) is 0 Å². The second-order valence-corrected chi connectivity index (χ2v) is 8.64. The molecule has 1 aromatic carbocycles. The van der Waals surface area contributed by atoms with Crippen LogP contribution in [-0.4, -0.2) is 29.5 Å². The van der Waals surface area contributed by atoms with Gasteiger partial charge < -0.3 is 0 Å². The second-order valence-electron chi connectivity index (χ2n) is 8.64. The zero-order valence-electron chi connectivity index (χ0n) is 18.7. The Morgan fingerprint density at radius 2 is 1.81 bits per heavy atom. The number of hydrogen-bond acceptors (Lipinski definition) is 4. The summed E-state index contributed by atoms with van der Waals surface area (Å²) in [5.74, 6) is 1.22. The van der Waals surface area contributed by atoms with E-state index in [2.05, 4.69) is 26.7 Å². The fourth-order valence-corrected chi connectivity index (χ4v) is 4.27. The molecule has 0 amide bonds. The van der Waals surface area contributed by atoms with Gasteiger partial charge in [-0.05, 0) is 69.4 Å². The Morgan fingerprint density at radius 1 is 1.03 bits per heavy atom. The van der Waals surface area contributed by atoms with Crippen molar-refractivity contribution in [1.82, 2.24) is 29.5 Å². The lowest BCUT2D eigenvalue weighted by atomic mass is 10.0. The van der Waals surface area contributed by atoms with Crippen LogP contribution >= 0.6 is 0 Å². The van der Waals surface area contributed by atoms with Crippen molar-refractivity contribution in [2.45, 2.75) is 53.0 Å². The third-order valence-corrected chi connectivity index (χ3v) is 6.05. The first kappa shape index (κ1) is 20.5. The Labute approximate surface area is 187 Å². The summed E-state index contributed by atoms with van der Waals surface area (Å²) >= 11 is 0. The van der Waals surface area contributed by atoms with Crippen molar-refractivity contribution in [3.05, 3.63) is 76.9 Å². The molecule has 0 saturated heterocycles. The zero-order valence-corrected chi connectivity index (χ0v) is 18.7. The normalized spacial score (nSPS) is 13.6. The van der Waals surface area contributed by atoms with E-state index in [1.807, 2.05) is 42.8 Å². The Kier molecular flexibility index (Phi) is 5.33. The number of benzene rings is 1. The number of aromatic nitrogens is 6. The number of nitrogens with zero attached hydrogens (tertiary/aromatic N) is 6. The van der Waals surface area contributed by atoms with E-state index >= 15 is 0 Å². The smallest absolute Gasteiger partial charge is 0.157 e. The number of halogens is 1. The fourth-order valence-electron chi connectivity index (χ4n) is 4.27. The molecule has 1 fully saturated rings. The number of rotatable bonds is 7. The molecule has 0 bridgehead atoms. The molecule has 0 spiro atoms. The summed E-state index contributed by atoms with van der Waals surface area (Å²) in [5, 5.41) is 9.55. The highest BCUT2D eigenvalue weighted by Crippen LogP contribution is 2.34. The summed E-state index contributed by atoms with van der Waals surface area (Å²) in [6.45, 7) is 7.07. The minimum absolute atomic E-state index is 0.234. The van der Waals surface area contributed by atoms with Crippen LogP contribution in [0.1, 0.15) is 48.1 Å². The molecule has 0 unspecified atom stereocenters. The first-order chi connectivity index (χ1) is 15.5. The lowest BCUT2D eigenvalue weighted by molar-refractivity contribution is 0.543. The van der Waals surface area contributed by atoms with E-state index in [9.17, 15) is 4.39 Å². The average Bonchev–Trinajstić information content (AvgIpc) is 3.45. The minimum Gasteiger partial charge on any atom is -0.268 e. The zero-order chi connectivity index (χ0) is 22.2. The van der Waals surface area contributed by atoms with Crippen molar-refractivity contribution in [1.29, 1.82) is 0 Å². The molecule has 4 aromatic rings. The van der Waals surface area contributed by atoms with Gasteiger partial charge in [-0.25, -0.2) is 19.0 Å². The van der Waals surface area contributed by atoms with E-state index in [-0.39, 0.29) is 5.82 Å². The van der Waals surface area contributed by atoms with Crippen molar-refractivity contribution >= 4 is 0 Å². The summed E-state index contributed by atoms with van der Waals surface area (Å²) in [6.07, 6.45) is 5.63. The van der Waals surface area contributed by atoms with Gasteiger partial charge in [-0.1, -0.05) is 6.92 Å². The van der Waals surface area contributed by atoms with Gasteiger partial charge in [0.15, 0.2) is 5.82 Å². The Morgan fingerprint density at radius 3 is 2.47 bits per heavy atom. The van der Waals surface area contributed by atoms with Crippen LogP contribution < -0.4 is 0 Å². The van der Waals surface area contributed by atoms with E-state index in [1.54, 1.807) is 6.33 Å². The van der Waals surface area contributed by atoms with Gasteiger partial charge in [0.2, 0.25) is 0 Å². The lowest BCUT2D eigenvalue weighted by Gasteiger charge is -2.10. The van der Waals surface area contributed by atoms with Gasteiger partial charge in [-0.3, -0.25) is 4.68 Å². The van der Waals surface area contributed by atoms with E-state index in [1.165, 1.54) is 36.2 Å². The van der Waals surface area contributed by atoms with Crippen LogP contribution in [0.2, 0.25) is 0 Å². The Hall–Kier alpha value is -3.35. The van der Waals surface area contributed by atoms with Crippen molar-refractivity contribution in [2.24, 2.45) is 5.92 Å². The summed E-state index contributed by atoms with van der Waals surface area (Å²) in [7, 11) is 0. The first-order valence-electron chi connectivity index (χ1n) is 11.2. The first-order valence-corrected chi connectivity index (χ1v) is 11.2. The molecular formula is C25H27FN6. The van der Waals surface area contributed by atoms with Gasteiger partial charge in [0, 0.05) is 41.5 Å². The molecule has 7 heteroatoms. The molecule has 0 N–H and O–H groups in total. The van der Waals surface area contributed by atoms with Crippen LogP contribution in [0.15, 0.2) is 42.7 Å². The van der Waals surface area contributed by atoms with Gasteiger partial charge >= 0.3 is 0 Å². The average molecular weight is 431 g/mol. The van der Waals surface area contributed by atoms with Gasteiger partial charge in [0.05, 0.1) is 17.1 Å². The van der Waals surface area contributed by atoms with Crippen LogP contribution in [0.25, 0.3) is 17.1 Å². The van der Waals surface area contributed by atoms with E-state index < -0.39 is 0 Å². The minimum atomic E-state index is -0.234. The van der Waals surface area contributed by atoms with Crippen molar-refractivity contribution in [3.63, 3.8) is 0 Å². The van der Waals surface area contributed by atoms with Crippen LogP contribution in [0.5, 0.6) is 0 Å². The summed E-state index contributed by atoms with van der Waals surface area (Å²) in [4.78, 5) is 9.00. The number of aryl methyl sites for hydroxylation is 2. The predicted octanol–water partition coefficient (Wildman–Crippen LogP) is 4.84. The number of hydrogen-bond donors (Lipinski definition) is 0. The molecular weight excluding hydrogens is 403 g/mol. The molecule has 3 heterocycles. The third kappa shape index (κ3) is 4.07. The Balaban J connectivity index is 1.54. The largest absolute Gasteiger partial charge is 0.268 e.